The van der Waals surface area contributed by atoms with Crippen LogP contribution in [0.5, 0.6) is 0 Å². The highest BCUT2D eigenvalue weighted by Gasteiger charge is 2.25. The molecule has 1 aliphatic carbocycles. The van der Waals surface area contributed by atoms with Crippen LogP contribution in [0.1, 0.15) is 25.3 Å². The standard InChI is InChI=1S/C23H33N7O2/c1-16(26-15-18-13-19(24)14-18)12-17-2-4-20(5-3-17)30-9-6-21(28-23(30)32)27-22(31)29-10-7-25-8-11-29/h2-6,9,16,18-19,25-26H,7-8,10-15,24H2,1H3,(H,27,28,31,32). The minimum absolute atomic E-state index is 0.233. The molecule has 9 nitrogen and oxygen atoms in total. The van der Waals surface area contributed by atoms with Crippen LogP contribution in [0, 0.1) is 5.92 Å². The number of amides is 2. The largest absolute Gasteiger partial charge is 0.354 e. The Hall–Kier alpha value is -2.75. The molecule has 2 heterocycles. The maximum absolute atomic E-state index is 12.5. The average molecular weight is 440 g/mol. The summed E-state index contributed by atoms with van der Waals surface area (Å²) in [6.45, 7) is 6.02. The number of carbonyl (C=O) groups is 1. The molecule has 172 valence electrons. The fourth-order valence-corrected chi connectivity index (χ4v) is 4.27. The van der Waals surface area contributed by atoms with E-state index in [1.807, 2.05) is 24.3 Å². The van der Waals surface area contributed by atoms with Crippen molar-refractivity contribution in [2.75, 3.05) is 38.0 Å². The molecule has 2 aromatic rings. The number of anilines is 1. The summed E-state index contributed by atoms with van der Waals surface area (Å²) in [6.07, 6.45) is 4.80. The van der Waals surface area contributed by atoms with Crippen LogP contribution in [0.3, 0.4) is 0 Å². The van der Waals surface area contributed by atoms with E-state index in [2.05, 4.69) is 27.9 Å². The van der Waals surface area contributed by atoms with Crippen LogP contribution in [0.2, 0.25) is 0 Å². The fraction of sp³-hybridized carbons (Fsp3) is 0.522. The number of nitrogens with two attached hydrogens (primary N) is 1. The normalized spacial score (nSPS) is 21.6. The van der Waals surface area contributed by atoms with Gasteiger partial charge in [0.2, 0.25) is 0 Å². The molecule has 1 unspecified atom stereocenters. The molecule has 2 fully saturated rings. The third-order valence-electron chi connectivity index (χ3n) is 6.23. The maximum atomic E-state index is 12.5. The van der Waals surface area contributed by atoms with Gasteiger partial charge in [0.05, 0.1) is 5.69 Å². The molecular weight excluding hydrogens is 406 g/mol. The van der Waals surface area contributed by atoms with E-state index in [1.54, 1.807) is 17.2 Å². The van der Waals surface area contributed by atoms with Crippen molar-refractivity contribution < 1.29 is 4.79 Å². The number of carbonyl (C=O) groups excluding carboxylic acids is 1. The van der Waals surface area contributed by atoms with E-state index in [0.717, 1.165) is 44.6 Å². The Morgan fingerprint density at radius 3 is 2.59 bits per heavy atom. The zero-order valence-electron chi connectivity index (χ0n) is 18.6. The Morgan fingerprint density at radius 1 is 1.22 bits per heavy atom. The summed E-state index contributed by atoms with van der Waals surface area (Å²) in [4.78, 5) is 30.6. The number of hydrogen-bond acceptors (Lipinski definition) is 6. The van der Waals surface area contributed by atoms with Gasteiger partial charge in [-0.15, -0.1) is 0 Å². The van der Waals surface area contributed by atoms with Gasteiger partial charge in [-0.2, -0.15) is 4.98 Å². The van der Waals surface area contributed by atoms with Crippen LogP contribution < -0.4 is 27.4 Å². The van der Waals surface area contributed by atoms with Crippen molar-refractivity contribution in [3.8, 4) is 5.69 Å². The first-order valence-electron chi connectivity index (χ1n) is 11.4. The lowest BCUT2D eigenvalue weighted by Crippen LogP contribution is -2.48. The molecule has 9 heteroatoms. The number of nitrogens with one attached hydrogen (secondary N) is 3. The zero-order valence-corrected chi connectivity index (χ0v) is 18.6. The second-order valence-corrected chi connectivity index (χ2v) is 8.91. The molecule has 5 N–H and O–H groups in total. The number of urea groups is 1. The second kappa shape index (κ2) is 10.2. The molecule has 1 saturated carbocycles. The number of rotatable bonds is 7. The van der Waals surface area contributed by atoms with Crippen LogP contribution in [-0.2, 0) is 6.42 Å². The Bertz CT molecular complexity index is 963. The predicted molar refractivity (Wildman–Crippen MR) is 125 cm³/mol. The third kappa shape index (κ3) is 5.73. The summed E-state index contributed by atoms with van der Waals surface area (Å²) in [7, 11) is 0. The Balaban J connectivity index is 1.32. The minimum atomic E-state index is -0.426. The molecule has 1 aliphatic heterocycles. The first-order valence-corrected chi connectivity index (χ1v) is 11.4. The quantitative estimate of drug-likeness (QED) is 0.510. The summed E-state index contributed by atoms with van der Waals surface area (Å²) in [5, 5.41) is 9.51. The topological polar surface area (TPSA) is 117 Å². The lowest BCUT2D eigenvalue weighted by Gasteiger charge is -2.33. The zero-order chi connectivity index (χ0) is 22.5. The first kappa shape index (κ1) is 22.4. The van der Waals surface area contributed by atoms with E-state index in [4.69, 9.17) is 5.73 Å². The van der Waals surface area contributed by atoms with Crippen LogP contribution in [0.4, 0.5) is 10.6 Å². The van der Waals surface area contributed by atoms with Gasteiger partial charge < -0.3 is 21.3 Å². The van der Waals surface area contributed by atoms with E-state index in [-0.39, 0.29) is 11.8 Å². The van der Waals surface area contributed by atoms with Crippen LogP contribution in [-0.4, -0.2) is 65.3 Å². The lowest BCUT2D eigenvalue weighted by atomic mass is 9.81. The molecule has 1 aromatic carbocycles. The van der Waals surface area contributed by atoms with Crippen LogP contribution >= 0.6 is 0 Å². The number of nitrogens with zero attached hydrogens (tertiary/aromatic N) is 3. The molecule has 0 bridgehead atoms. The molecule has 0 radical (unpaired) electrons. The van der Waals surface area contributed by atoms with Crippen LogP contribution in [0.15, 0.2) is 41.3 Å². The smallest absolute Gasteiger partial charge is 0.328 e. The van der Waals surface area contributed by atoms with E-state index >= 15 is 0 Å². The van der Waals surface area contributed by atoms with Gasteiger partial charge >= 0.3 is 11.7 Å². The molecule has 0 spiro atoms. The Labute approximate surface area is 188 Å². The van der Waals surface area contributed by atoms with E-state index in [0.29, 0.717) is 31.1 Å². The van der Waals surface area contributed by atoms with Gasteiger partial charge in [-0.1, -0.05) is 12.1 Å². The van der Waals surface area contributed by atoms with Gasteiger partial charge in [-0.05, 0) is 62.4 Å². The number of aromatic nitrogens is 2. The summed E-state index contributed by atoms with van der Waals surface area (Å²) in [6, 6.07) is 10.1. The lowest BCUT2D eigenvalue weighted by molar-refractivity contribution is 0.204. The van der Waals surface area contributed by atoms with Crippen molar-refractivity contribution in [3.63, 3.8) is 0 Å². The van der Waals surface area contributed by atoms with Gasteiger partial charge in [0.25, 0.3) is 0 Å². The van der Waals surface area contributed by atoms with E-state index in [9.17, 15) is 9.59 Å². The van der Waals surface area contributed by atoms with Gasteiger partial charge in [0.15, 0.2) is 0 Å². The molecule has 2 aliphatic rings. The van der Waals surface area contributed by atoms with Crippen molar-refractivity contribution in [2.24, 2.45) is 11.7 Å². The van der Waals surface area contributed by atoms with Crippen LogP contribution in [0.25, 0.3) is 5.69 Å². The second-order valence-electron chi connectivity index (χ2n) is 8.91. The van der Waals surface area contributed by atoms with Crippen molar-refractivity contribution >= 4 is 11.8 Å². The van der Waals surface area contributed by atoms with E-state index < -0.39 is 5.69 Å². The maximum Gasteiger partial charge on any atom is 0.354 e. The Kier molecular flexibility index (Phi) is 7.19. The third-order valence-corrected chi connectivity index (χ3v) is 6.23. The molecule has 1 aromatic heterocycles. The summed E-state index contributed by atoms with van der Waals surface area (Å²) in [5.74, 6) is 0.970. The summed E-state index contributed by atoms with van der Waals surface area (Å²) in [5.41, 5.74) is 7.38. The van der Waals surface area contributed by atoms with Crippen molar-refractivity contribution in [1.29, 1.82) is 0 Å². The predicted octanol–water partition coefficient (Wildman–Crippen LogP) is 0.928. The molecule has 1 atom stereocenters. The molecule has 1 saturated heterocycles. The van der Waals surface area contributed by atoms with Crippen molar-refractivity contribution in [3.05, 3.63) is 52.6 Å². The van der Waals surface area contributed by atoms with Gasteiger partial charge in [-0.3, -0.25) is 9.88 Å². The average Bonchev–Trinajstić information content (AvgIpc) is 2.77. The molecule has 32 heavy (non-hydrogen) atoms. The highest BCUT2D eigenvalue weighted by atomic mass is 16.2. The minimum Gasteiger partial charge on any atom is -0.328 e. The molecule has 2 amide bonds. The Morgan fingerprint density at radius 2 is 1.94 bits per heavy atom. The monoisotopic (exact) mass is 439 g/mol. The van der Waals surface area contributed by atoms with Gasteiger partial charge in [0, 0.05) is 44.5 Å². The first-order chi connectivity index (χ1) is 15.5. The highest BCUT2D eigenvalue weighted by molar-refractivity contribution is 5.88. The van der Waals surface area contributed by atoms with Crippen molar-refractivity contribution in [2.45, 2.75) is 38.3 Å². The number of benzene rings is 1. The summed E-state index contributed by atoms with van der Waals surface area (Å²) >= 11 is 0. The molecular formula is C23H33N7O2. The SMILES string of the molecule is CC(Cc1ccc(-n2ccc(NC(=O)N3CCNCC3)nc2=O)cc1)NCC1CC(N)C1. The van der Waals surface area contributed by atoms with Crippen molar-refractivity contribution in [1.82, 2.24) is 25.1 Å². The summed E-state index contributed by atoms with van der Waals surface area (Å²) < 4.78 is 1.48. The van der Waals surface area contributed by atoms with Gasteiger partial charge in [-0.25, -0.2) is 9.59 Å². The highest BCUT2D eigenvalue weighted by Crippen LogP contribution is 2.24. The van der Waals surface area contributed by atoms with E-state index in [1.165, 1.54) is 10.1 Å². The van der Waals surface area contributed by atoms with Gasteiger partial charge in [0.1, 0.15) is 5.82 Å². The fourth-order valence-electron chi connectivity index (χ4n) is 4.27. The molecule has 4 rings (SSSR count). The number of hydrogen-bond donors (Lipinski definition) is 4. The number of piperazine rings is 1.